The van der Waals surface area contributed by atoms with Gasteiger partial charge in [-0.05, 0) is 30.3 Å². The number of nitriles is 1. The van der Waals surface area contributed by atoms with Crippen LogP contribution in [0.5, 0.6) is 5.75 Å². The molecule has 28 heavy (non-hydrogen) atoms. The van der Waals surface area contributed by atoms with Gasteiger partial charge in [0.25, 0.3) is 0 Å². The molecule has 8 heteroatoms. The Kier molecular flexibility index (Phi) is 5.43. The van der Waals surface area contributed by atoms with E-state index in [1.54, 1.807) is 24.3 Å². The molecule has 0 bridgehead atoms. The van der Waals surface area contributed by atoms with Crippen LogP contribution in [0, 0.1) is 17.2 Å². The van der Waals surface area contributed by atoms with Crippen LogP contribution in [0.4, 0.5) is 0 Å². The van der Waals surface area contributed by atoms with Crippen molar-refractivity contribution in [1.82, 2.24) is 9.62 Å². The highest BCUT2D eigenvalue weighted by Crippen LogP contribution is 2.44. The maximum atomic E-state index is 12.5. The van der Waals surface area contributed by atoms with Crippen LogP contribution >= 0.6 is 15.9 Å². The third kappa shape index (κ3) is 3.67. The van der Waals surface area contributed by atoms with Crippen LogP contribution < -0.4 is 9.46 Å². The first-order valence-electron chi connectivity index (χ1n) is 9.10. The van der Waals surface area contributed by atoms with Gasteiger partial charge in [-0.1, -0.05) is 34.1 Å². The van der Waals surface area contributed by atoms with Gasteiger partial charge in [-0.2, -0.15) is 5.26 Å². The molecule has 0 radical (unpaired) electrons. The third-order valence-electron chi connectivity index (χ3n) is 5.39. The Labute approximate surface area is 173 Å². The number of fused-ring (bicyclic) bond motifs is 3. The zero-order chi connectivity index (χ0) is 19.7. The molecule has 0 aromatic heterocycles. The summed E-state index contributed by atoms with van der Waals surface area (Å²) in [4.78, 5) is 2.29. The van der Waals surface area contributed by atoms with E-state index in [2.05, 4.69) is 31.6 Å². The van der Waals surface area contributed by atoms with Gasteiger partial charge in [-0.25, -0.2) is 13.1 Å². The maximum Gasteiger partial charge on any atom is 0.240 e. The fraction of sp³-hybridized carbons (Fsp3) is 0.350. The molecule has 0 aliphatic carbocycles. The minimum atomic E-state index is -3.57. The monoisotopic (exact) mass is 461 g/mol. The van der Waals surface area contributed by atoms with Gasteiger partial charge in [0, 0.05) is 41.5 Å². The smallest absolute Gasteiger partial charge is 0.240 e. The number of rotatable bonds is 5. The summed E-state index contributed by atoms with van der Waals surface area (Å²) in [6.07, 6.45) is 0. The fourth-order valence-electron chi connectivity index (χ4n) is 4.09. The topological polar surface area (TPSA) is 82.4 Å². The maximum absolute atomic E-state index is 12.5. The lowest BCUT2D eigenvalue weighted by Gasteiger charge is -2.29. The van der Waals surface area contributed by atoms with Gasteiger partial charge in [0.2, 0.25) is 10.0 Å². The number of hydrogen-bond donors (Lipinski definition) is 1. The average Bonchev–Trinajstić information content (AvgIpc) is 3.06. The lowest BCUT2D eigenvalue weighted by molar-refractivity contribution is 0.213. The van der Waals surface area contributed by atoms with Gasteiger partial charge in [0.1, 0.15) is 11.8 Å². The van der Waals surface area contributed by atoms with Crippen molar-refractivity contribution in [2.24, 2.45) is 5.92 Å². The molecule has 1 fully saturated rings. The quantitative estimate of drug-likeness (QED) is 0.739. The van der Waals surface area contributed by atoms with Crippen LogP contribution in [0.25, 0.3) is 0 Å². The van der Waals surface area contributed by atoms with Gasteiger partial charge >= 0.3 is 0 Å². The number of nitrogens with zero attached hydrogens (tertiary/aromatic N) is 2. The Morgan fingerprint density at radius 1 is 1.21 bits per heavy atom. The first-order chi connectivity index (χ1) is 13.5. The third-order valence-corrected chi connectivity index (χ3v) is 7.39. The molecule has 4 rings (SSSR count). The van der Waals surface area contributed by atoms with Gasteiger partial charge in [-0.3, -0.25) is 4.90 Å². The van der Waals surface area contributed by atoms with Crippen LogP contribution in [0.2, 0.25) is 0 Å². The van der Waals surface area contributed by atoms with E-state index in [9.17, 15) is 13.7 Å². The van der Waals surface area contributed by atoms with E-state index < -0.39 is 10.0 Å². The summed E-state index contributed by atoms with van der Waals surface area (Å²) >= 11 is 3.30. The van der Waals surface area contributed by atoms with Crippen molar-refractivity contribution in [1.29, 1.82) is 5.26 Å². The molecule has 2 aromatic rings. The summed E-state index contributed by atoms with van der Waals surface area (Å²) in [7, 11) is -3.57. The number of sulfonamides is 1. The van der Waals surface area contributed by atoms with E-state index >= 15 is 0 Å². The molecule has 1 unspecified atom stereocenters. The van der Waals surface area contributed by atoms with Gasteiger partial charge in [0.05, 0.1) is 17.6 Å². The Bertz CT molecular complexity index is 1000. The highest BCUT2D eigenvalue weighted by atomic mass is 79.9. The largest absolute Gasteiger partial charge is 0.493 e. The summed E-state index contributed by atoms with van der Waals surface area (Å²) in [5.41, 5.74) is 1.07. The molecule has 3 atom stereocenters. The number of hydrogen-bond acceptors (Lipinski definition) is 5. The summed E-state index contributed by atoms with van der Waals surface area (Å²) in [6.45, 7) is 2.03. The Morgan fingerprint density at radius 2 is 1.96 bits per heavy atom. The lowest BCUT2D eigenvalue weighted by atomic mass is 9.83. The van der Waals surface area contributed by atoms with Crippen LogP contribution in [-0.4, -0.2) is 45.6 Å². The zero-order valence-corrected chi connectivity index (χ0v) is 17.5. The second kappa shape index (κ2) is 7.84. The van der Waals surface area contributed by atoms with Crippen molar-refractivity contribution in [2.45, 2.75) is 16.9 Å². The minimum absolute atomic E-state index is 0.0954. The number of likely N-dealkylation sites (tertiary alicyclic amines) is 1. The Morgan fingerprint density at radius 3 is 2.71 bits per heavy atom. The number of halogens is 1. The highest BCUT2D eigenvalue weighted by Gasteiger charge is 2.46. The van der Waals surface area contributed by atoms with Crippen molar-refractivity contribution in [2.75, 3.05) is 26.2 Å². The van der Waals surface area contributed by atoms with Gasteiger partial charge in [-0.15, -0.1) is 0 Å². The highest BCUT2D eigenvalue weighted by molar-refractivity contribution is 9.10. The molecule has 6 nitrogen and oxygen atoms in total. The molecule has 1 saturated heterocycles. The Balaban J connectivity index is 1.43. The number of ether oxygens (including phenoxy) is 1. The molecule has 1 N–H and O–H groups in total. The molecule has 2 aliphatic heterocycles. The molecule has 2 aromatic carbocycles. The zero-order valence-electron chi connectivity index (χ0n) is 15.1. The number of nitrogens with one attached hydrogen (secondary N) is 1. The standard InChI is InChI=1S/C20H20BrN3O3S/c21-15-5-7-16(8-6-15)28(25,26)23-9-10-24-12-14-13-27-19-4-2-1-3-17(19)20(14)18(24)11-22/h1-8,14,18,20,23H,9-10,12-13H2/t14-,18?,20+/m1/s1. The molecule has 0 saturated carbocycles. The van der Waals surface area contributed by atoms with E-state index in [0.29, 0.717) is 13.2 Å². The molecule has 2 heterocycles. The average molecular weight is 462 g/mol. The predicted molar refractivity (Wildman–Crippen MR) is 108 cm³/mol. The summed E-state index contributed by atoms with van der Waals surface area (Å²) in [5, 5.41) is 9.79. The fourth-order valence-corrected chi connectivity index (χ4v) is 5.38. The second-order valence-electron chi connectivity index (χ2n) is 7.06. The van der Waals surface area contributed by atoms with Gasteiger partial charge in [0.15, 0.2) is 0 Å². The van der Waals surface area contributed by atoms with E-state index in [1.165, 1.54) is 0 Å². The molecule has 146 valence electrons. The molecular formula is C20H20BrN3O3S. The molecule has 0 spiro atoms. The van der Waals surface area contributed by atoms with E-state index in [4.69, 9.17) is 4.74 Å². The minimum Gasteiger partial charge on any atom is -0.493 e. The van der Waals surface area contributed by atoms with Crippen LogP contribution in [0.1, 0.15) is 11.5 Å². The molecule has 0 amide bonds. The predicted octanol–water partition coefficient (Wildman–Crippen LogP) is 2.73. The van der Waals surface area contributed by atoms with Crippen molar-refractivity contribution in [3.8, 4) is 11.8 Å². The van der Waals surface area contributed by atoms with Crippen molar-refractivity contribution >= 4 is 26.0 Å². The van der Waals surface area contributed by atoms with E-state index in [1.807, 2.05) is 24.3 Å². The molecular weight excluding hydrogens is 442 g/mol. The van der Waals surface area contributed by atoms with Crippen LogP contribution in [-0.2, 0) is 10.0 Å². The summed E-state index contributed by atoms with van der Waals surface area (Å²) in [6, 6.07) is 16.5. The van der Waals surface area contributed by atoms with E-state index in [0.717, 1.165) is 22.3 Å². The first-order valence-corrected chi connectivity index (χ1v) is 11.4. The van der Waals surface area contributed by atoms with Crippen LogP contribution in [0.15, 0.2) is 57.9 Å². The van der Waals surface area contributed by atoms with Crippen molar-refractivity contribution in [3.05, 3.63) is 58.6 Å². The van der Waals surface area contributed by atoms with Crippen molar-refractivity contribution in [3.63, 3.8) is 0 Å². The summed E-state index contributed by atoms with van der Waals surface area (Å²) < 4.78 is 34.2. The second-order valence-corrected chi connectivity index (χ2v) is 9.74. The van der Waals surface area contributed by atoms with Crippen molar-refractivity contribution < 1.29 is 13.2 Å². The summed E-state index contributed by atoms with van der Waals surface area (Å²) in [5.74, 6) is 1.18. The van der Waals surface area contributed by atoms with Crippen LogP contribution in [0.3, 0.4) is 0 Å². The van der Waals surface area contributed by atoms with Gasteiger partial charge < -0.3 is 4.74 Å². The Hall–Kier alpha value is -1.92. The van der Waals surface area contributed by atoms with E-state index in [-0.39, 0.29) is 29.3 Å². The number of benzene rings is 2. The first kappa shape index (κ1) is 19.4. The normalized spacial score (nSPS) is 24.1. The lowest BCUT2D eigenvalue weighted by Crippen LogP contribution is -2.38. The number of para-hydroxylation sites is 1. The molecule has 2 aliphatic rings. The SMILES string of the molecule is N#CC1[C@@H]2c3ccccc3OC[C@H]2CN1CCNS(=O)(=O)c1ccc(Br)cc1.